The molecular formula is C21H21N7O. The molecule has 0 radical (unpaired) electrons. The lowest BCUT2D eigenvalue weighted by Crippen LogP contribution is -2.23. The molecule has 0 bridgehead atoms. The Morgan fingerprint density at radius 1 is 1.07 bits per heavy atom. The van der Waals surface area contributed by atoms with E-state index < -0.39 is 0 Å². The number of aryl methyl sites for hydroxylation is 3. The SMILES string of the molecule is Cc1cc(NCC(=O)Nc2ccc(C)c(C)c2)n2nc(-c3cccnc3)nc2n1. The molecule has 0 atom stereocenters. The smallest absolute Gasteiger partial charge is 0.254 e. The topological polar surface area (TPSA) is 97.1 Å². The van der Waals surface area contributed by atoms with Gasteiger partial charge in [-0.15, -0.1) is 5.10 Å². The lowest BCUT2D eigenvalue weighted by atomic mass is 10.1. The van der Waals surface area contributed by atoms with Gasteiger partial charge in [0.15, 0.2) is 5.82 Å². The lowest BCUT2D eigenvalue weighted by molar-refractivity contribution is -0.114. The summed E-state index contributed by atoms with van der Waals surface area (Å²) in [5.41, 5.74) is 4.67. The first kappa shape index (κ1) is 18.5. The molecule has 0 unspecified atom stereocenters. The molecule has 0 aliphatic heterocycles. The van der Waals surface area contributed by atoms with Gasteiger partial charge in [-0.05, 0) is 56.2 Å². The molecule has 4 aromatic rings. The molecule has 4 rings (SSSR count). The van der Waals surface area contributed by atoms with Crippen LogP contribution < -0.4 is 10.6 Å². The number of amides is 1. The van der Waals surface area contributed by atoms with E-state index >= 15 is 0 Å². The number of carbonyl (C=O) groups excluding carboxylic acids is 1. The number of aromatic nitrogens is 5. The van der Waals surface area contributed by atoms with E-state index in [2.05, 4.69) is 30.7 Å². The molecule has 0 spiro atoms. The number of nitrogens with zero attached hydrogens (tertiary/aromatic N) is 5. The molecule has 8 heteroatoms. The average Bonchev–Trinajstić information content (AvgIpc) is 3.14. The zero-order valence-electron chi connectivity index (χ0n) is 16.5. The molecule has 8 nitrogen and oxygen atoms in total. The molecule has 1 aromatic carbocycles. The van der Waals surface area contributed by atoms with Crippen molar-refractivity contribution in [1.82, 2.24) is 24.6 Å². The van der Waals surface area contributed by atoms with Crippen LogP contribution in [0.3, 0.4) is 0 Å². The Labute approximate surface area is 168 Å². The molecule has 1 amide bonds. The van der Waals surface area contributed by atoms with Crippen LogP contribution in [0, 0.1) is 20.8 Å². The third-order valence-corrected chi connectivity index (χ3v) is 4.58. The fraction of sp³-hybridized carbons (Fsp3) is 0.190. The van der Waals surface area contributed by atoms with Crippen molar-refractivity contribution >= 4 is 23.2 Å². The third kappa shape index (κ3) is 4.06. The first-order valence-corrected chi connectivity index (χ1v) is 9.25. The molecule has 0 saturated heterocycles. The Morgan fingerprint density at radius 3 is 2.69 bits per heavy atom. The summed E-state index contributed by atoms with van der Waals surface area (Å²) in [5, 5.41) is 10.6. The van der Waals surface area contributed by atoms with Crippen molar-refractivity contribution in [2.24, 2.45) is 0 Å². The van der Waals surface area contributed by atoms with Crippen LogP contribution >= 0.6 is 0 Å². The molecule has 29 heavy (non-hydrogen) atoms. The number of carbonyl (C=O) groups is 1. The number of nitrogens with one attached hydrogen (secondary N) is 2. The highest BCUT2D eigenvalue weighted by Gasteiger charge is 2.12. The molecule has 0 saturated carbocycles. The summed E-state index contributed by atoms with van der Waals surface area (Å²) in [5.74, 6) is 1.48. The summed E-state index contributed by atoms with van der Waals surface area (Å²) in [6, 6.07) is 11.4. The predicted octanol–water partition coefficient (Wildman–Crippen LogP) is 3.16. The van der Waals surface area contributed by atoms with E-state index in [1.165, 1.54) is 5.56 Å². The van der Waals surface area contributed by atoms with Gasteiger partial charge in [-0.2, -0.15) is 9.50 Å². The number of hydrogen-bond acceptors (Lipinski definition) is 6. The van der Waals surface area contributed by atoms with E-state index in [4.69, 9.17) is 0 Å². The lowest BCUT2D eigenvalue weighted by Gasteiger charge is -2.10. The van der Waals surface area contributed by atoms with Crippen molar-refractivity contribution in [2.75, 3.05) is 17.2 Å². The van der Waals surface area contributed by atoms with Gasteiger partial charge in [0.2, 0.25) is 5.91 Å². The van der Waals surface area contributed by atoms with Gasteiger partial charge >= 0.3 is 0 Å². The molecule has 0 fully saturated rings. The van der Waals surface area contributed by atoms with Gasteiger partial charge in [0.25, 0.3) is 5.78 Å². The fourth-order valence-corrected chi connectivity index (χ4v) is 2.93. The van der Waals surface area contributed by atoms with Crippen molar-refractivity contribution in [3.8, 4) is 11.4 Å². The molecule has 146 valence electrons. The minimum absolute atomic E-state index is 0.0908. The van der Waals surface area contributed by atoms with E-state index in [0.717, 1.165) is 22.5 Å². The third-order valence-electron chi connectivity index (χ3n) is 4.58. The molecular weight excluding hydrogens is 366 g/mol. The summed E-state index contributed by atoms with van der Waals surface area (Å²) < 4.78 is 1.60. The minimum Gasteiger partial charge on any atom is -0.361 e. The van der Waals surface area contributed by atoms with Crippen molar-refractivity contribution in [2.45, 2.75) is 20.8 Å². The van der Waals surface area contributed by atoms with Crippen molar-refractivity contribution < 1.29 is 4.79 Å². The zero-order chi connectivity index (χ0) is 20.4. The Hall–Kier alpha value is -3.81. The molecule has 0 aliphatic rings. The van der Waals surface area contributed by atoms with Crippen molar-refractivity contribution in [3.05, 3.63) is 65.6 Å². The Balaban J connectivity index is 1.53. The van der Waals surface area contributed by atoms with E-state index in [1.54, 1.807) is 16.9 Å². The number of anilines is 2. The summed E-state index contributed by atoms with van der Waals surface area (Å²) in [6.07, 6.45) is 3.40. The van der Waals surface area contributed by atoms with Crippen molar-refractivity contribution in [1.29, 1.82) is 0 Å². The highest BCUT2D eigenvalue weighted by molar-refractivity contribution is 5.93. The summed E-state index contributed by atoms with van der Waals surface area (Å²) >= 11 is 0. The quantitative estimate of drug-likeness (QED) is 0.546. The van der Waals surface area contributed by atoms with E-state index in [-0.39, 0.29) is 12.5 Å². The number of hydrogen-bond donors (Lipinski definition) is 2. The second-order valence-electron chi connectivity index (χ2n) is 6.87. The summed E-state index contributed by atoms with van der Waals surface area (Å²) in [4.78, 5) is 25.4. The number of pyridine rings is 1. The molecule has 0 aliphatic carbocycles. The van der Waals surface area contributed by atoms with Gasteiger partial charge in [-0.3, -0.25) is 9.78 Å². The van der Waals surface area contributed by atoms with E-state index in [0.29, 0.717) is 17.4 Å². The highest BCUT2D eigenvalue weighted by Crippen LogP contribution is 2.18. The minimum atomic E-state index is -0.150. The van der Waals surface area contributed by atoms with Crippen molar-refractivity contribution in [3.63, 3.8) is 0 Å². The summed E-state index contributed by atoms with van der Waals surface area (Å²) in [7, 11) is 0. The van der Waals surface area contributed by atoms with Crippen LogP contribution in [0.2, 0.25) is 0 Å². The monoisotopic (exact) mass is 387 g/mol. The zero-order valence-corrected chi connectivity index (χ0v) is 16.5. The number of rotatable bonds is 5. The summed E-state index contributed by atoms with van der Waals surface area (Å²) in [6.45, 7) is 6.02. The van der Waals surface area contributed by atoms with Crippen LogP contribution in [-0.4, -0.2) is 37.0 Å². The van der Waals surface area contributed by atoms with E-state index in [9.17, 15) is 4.79 Å². The van der Waals surface area contributed by atoms with Gasteiger partial charge in [0.1, 0.15) is 5.82 Å². The van der Waals surface area contributed by atoms with Gasteiger partial charge in [0, 0.05) is 35.4 Å². The first-order valence-electron chi connectivity index (χ1n) is 9.25. The van der Waals surface area contributed by atoms with Crippen LogP contribution in [0.15, 0.2) is 48.8 Å². The Bertz CT molecular complexity index is 1180. The predicted molar refractivity (Wildman–Crippen MR) is 112 cm³/mol. The number of fused-ring (bicyclic) bond motifs is 1. The second-order valence-corrected chi connectivity index (χ2v) is 6.87. The number of benzene rings is 1. The molecule has 3 heterocycles. The van der Waals surface area contributed by atoms with Crippen LogP contribution in [0.1, 0.15) is 16.8 Å². The standard InChI is InChI=1S/C21H21N7O/c1-13-6-7-17(9-14(13)2)25-19(29)12-23-18-10-15(3)24-21-26-20(27-28(18)21)16-5-4-8-22-11-16/h4-11,23H,12H2,1-3H3,(H,25,29). The van der Waals surface area contributed by atoms with Crippen LogP contribution in [0.5, 0.6) is 0 Å². The van der Waals surface area contributed by atoms with Gasteiger partial charge in [0.05, 0.1) is 6.54 Å². The van der Waals surface area contributed by atoms with Gasteiger partial charge in [-0.25, -0.2) is 4.98 Å². The van der Waals surface area contributed by atoms with Gasteiger partial charge in [-0.1, -0.05) is 6.07 Å². The first-order chi connectivity index (χ1) is 14.0. The maximum Gasteiger partial charge on any atom is 0.254 e. The van der Waals surface area contributed by atoms with Crippen LogP contribution in [-0.2, 0) is 4.79 Å². The second kappa shape index (κ2) is 7.67. The highest BCUT2D eigenvalue weighted by atomic mass is 16.1. The Kier molecular flexibility index (Phi) is 4.90. The average molecular weight is 387 g/mol. The molecule has 2 N–H and O–H groups in total. The van der Waals surface area contributed by atoms with Gasteiger partial charge < -0.3 is 10.6 Å². The largest absolute Gasteiger partial charge is 0.361 e. The maximum atomic E-state index is 12.4. The molecule has 3 aromatic heterocycles. The van der Waals surface area contributed by atoms with Crippen LogP contribution in [0.4, 0.5) is 11.5 Å². The Morgan fingerprint density at radius 2 is 1.93 bits per heavy atom. The van der Waals surface area contributed by atoms with E-state index in [1.807, 2.05) is 57.2 Å². The van der Waals surface area contributed by atoms with Crippen LogP contribution in [0.25, 0.3) is 17.2 Å². The maximum absolute atomic E-state index is 12.4. The normalized spacial score (nSPS) is 10.9. The fourth-order valence-electron chi connectivity index (χ4n) is 2.93.